The van der Waals surface area contributed by atoms with Crippen molar-refractivity contribution in [2.75, 3.05) is 29.9 Å². The van der Waals surface area contributed by atoms with Crippen LogP contribution < -0.4 is 20.3 Å². The Morgan fingerprint density at radius 2 is 1.91 bits per heavy atom. The van der Waals surface area contributed by atoms with Crippen molar-refractivity contribution in [3.8, 4) is 17.0 Å². The first-order valence-corrected chi connectivity index (χ1v) is 16.7. The number of benzene rings is 2. The minimum atomic E-state index is -0.506. The molecule has 2 aromatic carbocycles. The zero-order valence-corrected chi connectivity index (χ0v) is 27.7. The summed E-state index contributed by atoms with van der Waals surface area (Å²) in [6.45, 7) is 11.5. The van der Waals surface area contributed by atoms with Gasteiger partial charge in [0.1, 0.15) is 11.4 Å². The zero-order valence-electron chi connectivity index (χ0n) is 26.9. The van der Waals surface area contributed by atoms with E-state index in [1.165, 1.54) is 16.9 Å². The number of aryl methyl sites for hydroxylation is 1. The molecule has 0 radical (unpaired) electrons. The highest BCUT2D eigenvalue weighted by Crippen LogP contribution is 2.39. The Kier molecular flexibility index (Phi) is 10.1. The number of aromatic nitrogens is 1. The van der Waals surface area contributed by atoms with Crippen molar-refractivity contribution in [3.63, 3.8) is 0 Å². The van der Waals surface area contributed by atoms with Gasteiger partial charge in [0, 0.05) is 35.1 Å². The van der Waals surface area contributed by atoms with Crippen LogP contribution in [0.2, 0.25) is 0 Å². The number of carbonyl (C=O) groups is 3. The molecule has 1 fully saturated rings. The van der Waals surface area contributed by atoms with Crippen LogP contribution in [0.3, 0.4) is 0 Å². The first kappa shape index (κ1) is 32.5. The first-order chi connectivity index (χ1) is 21.4. The number of nitrogens with one attached hydrogen (secondary N) is 2. The van der Waals surface area contributed by atoms with Crippen LogP contribution in [0.1, 0.15) is 69.4 Å². The van der Waals surface area contributed by atoms with Crippen molar-refractivity contribution >= 4 is 40.1 Å². The molecule has 9 nitrogen and oxygen atoms in total. The molecule has 0 bridgehead atoms. The fraction of sp³-hybridized carbons (Fsp3) is 0.486. The van der Waals surface area contributed by atoms with E-state index in [4.69, 9.17) is 14.5 Å². The van der Waals surface area contributed by atoms with Crippen LogP contribution >= 0.6 is 11.3 Å². The second kappa shape index (κ2) is 14.0. The van der Waals surface area contributed by atoms with Gasteiger partial charge in [-0.3, -0.25) is 9.59 Å². The molecule has 1 unspecified atom stereocenters. The number of hydrogen-bond acceptors (Lipinski definition) is 7. The summed E-state index contributed by atoms with van der Waals surface area (Å²) in [5.74, 6) is 1.41. The lowest BCUT2D eigenvalue weighted by Gasteiger charge is -2.20. The van der Waals surface area contributed by atoms with Crippen LogP contribution in [-0.4, -0.2) is 48.2 Å². The average Bonchev–Trinajstić information content (AvgIpc) is 3.63. The van der Waals surface area contributed by atoms with Gasteiger partial charge in [0.2, 0.25) is 11.8 Å². The van der Waals surface area contributed by atoms with Crippen molar-refractivity contribution < 1.29 is 23.9 Å². The highest BCUT2D eigenvalue weighted by atomic mass is 32.1. The SMILES string of the molecule is Cc1sc(NC(=O)Cc2cccc(OCCC(C)CCNC(=O)OC(C)(C)C)c2)nc1-c1ccc2c(c1)CCN2C(=O)C1CC1. The molecule has 2 N–H and O–H groups in total. The Balaban J connectivity index is 1.08. The van der Waals surface area contributed by atoms with Crippen molar-refractivity contribution in [2.45, 2.75) is 78.7 Å². The number of thiazole rings is 1. The van der Waals surface area contributed by atoms with Crippen LogP contribution in [0, 0.1) is 18.8 Å². The van der Waals surface area contributed by atoms with Crippen molar-refractivity contribution in [2.24, 2.45) is 11.8 Å². The molecule has 3 aromatic rings. The third-order valence-electron chi connectivity index (χ3n) is 7.93. The van der Waals surface area contributed by atoms with E-state index in [1.807, 2.05) is 69.0 Å². The van der Waals surface area contributed by atoms with Crippen molar-refractivity contribution in [1.82, 2.24) is 10.3 Å². The number of ether oxygens (including phenoxy) is 2. The van der Waals surface area contributed by atoms with E-state index in [9.17, 15) is 14.4 Å². The second-order valence-electron chi connectivity index (χ2n) is 13.1. The molecule has 0 saturated heterocycles. The number of nitrogens with zero attached hydrogens (tertiary/aromatic N) is 2. The molecule has 10 heteroatoms. The maximum Gasteiger partial charge on any atom is 0.407 e. The molecule has 1 aromatic heterocycles. The second-order valence-corrected chi connectivity index (χ2v) is 14.3. The van der Waals surface area contributed by atoms with E-state index in [-0.39, 0.29) is 24.2 Å². The van der Waals surface area contributed by atoms with Crippen LogP contribution in [0.25, 0.3) is 11.3 Å². The van der Waals surface area contributed by atoms with Crippen molar-refractivity contribution in [1.29, 1.82) is 0 Å². The van der Waals surface area contributed by atoms with Gasteiger partial charge in [0.25, 0.3) is 0 Å². The summed E-state index contributed by atoms with van der Waals surface area (Å²) in [6.07, 6.45) is 4.35. The molecule has 1 atom stereocenters. The van der Waals surface area contributed by atoms with E-state index < -0.39 is 11.7 Å². The van der Waals surface area contributed by atoms with Gasteiger partial charge in [-0.15, -0.1) is 11.3 Å². The summed E-state index contributed by atoms with van der Waals surface area (Å²) in [5, 5.41) is 6.34. The number of amides is 3. The van der Waals surface area contributed by atoms with E-state index in [2.05, 4.69) is 23.6 Å². The molecular weight excluding hydrogens is 588 g/mol. The highest BCUT2D eigenvalue weighted by molar-refractivity contribution is 7.16. The predicted octanol–water partition coefficient (Wildman–Crippen LogP) is 6.92. The molecule has 240 valence electrons. The highest BCUT2D eigenvalue weighted by Gasteiger charge is 2.36. The van der Waals surface area contributed by atoms with Crippen molar-refractivity contribution in [3.05, 3.63) is 58.5 Å². The molecule has 45 heavy (non-hydrogen) atoms. The minimum absolute atomic E-state index is 0.137. The largest absolute Gasteiger partial charge is 0.494 e. The van der Waals surface area contributed by atoms with Gasteiger partial charge in [0.15, 0.2) is 5.13 Å². The minimum Gasteiger partial charge on any atom is -0.494 e. The van der Waals surface area contributed by atoms with E-state index in [0.717, 1.165) is 71.8 Å². The van der Waals surface area contributed by atoms with E-state index >= 15 is 0 Å². The molecule has 2 heterocycles. The number of carbonyl (C=O) groups excluding carboxylic acids is 3. The van der Waals surface area contributed by atoms with Gasteiger partial charge in [-0.1, -0.05) is 25.1 Å². The van der Waals surface area contributed by atoms with E-state index in [0.29, 0.717) is 24.2 Å². The summed E-state index contributed by atoms with van der Waals surface area (Å²) in [7, 11) is 0. The fourth-order valence-corrected chi connectivity index (χ4v) is 6.25. The lowest BCUT2D eigenvalue weighted by molar-refractivity contribution is -0.119. The maximum absolute atomic E-state index is 12.9. The molecule has 1 aliphatic heterocycles. The van der Waals surface area contributed by atoms with Gasteiger partial charge in [-0.25, -0.2) is 9.78 Å². The molecule has 1 saturated carbocycles. The molecule has 5 rings (SSSR count). The number of anilines is 2. The molecule has 2 aliphatic rings. The summed E-state index contributed by atoms with van der Waals surface area (Å²) in [4.78, 5) is 45.1. The lowest BCUT2D eigenvalue weighted by atomic mass is 10.0. The maximum atomic E-state index is 12.9. The normalized spacial score (nSPS) is 14.9. The van der Waals surface area contributed by atoms with E-state index in [1.54, 1.807) is 0 Å². The average molecular weight is 633 g/mol. The van der Waals surface area contributed by atoms with Gasteiger partial charge in [-0.05, 0) is 101 Å². The van der Waals surface area contributed by atoms with Crippen LogP contribution in [-0.2, 0) is 27.2 Å². The number of alkyl carbamates (subject to hydrolysis) is 1. The summed E-state index contributed by atoms with van der Waals surface area (Å²) >= 11 is 1.46. The summed E-state index contributed by atoms with van der Waals surface area (Å²) in [6, 6.07) is 13.8. The monoisotopic (exact) mass is 632 g/mol. The van der Waals surface area contributed by atoms with Gasteiger partial charge in [0.05, 0.1) is 18.7 Å². The standard InChI is InChI=1S/C35H44N4O5S/c1-22(13-16-36-34(42)44-35(3,4)5)15-18-43-28-8-6-7-24(19-28)20-30(40)37-33-38-31(23(2)45-33)27-11-12-29-26(21-27)14-17-39(29)32(41)25-9-10-25/h6-8,11-12,19,21-22,25H,9-10,13-18,20H2,1-5H3,(H,36,42)(H,37,38,40). The third-order valence-corrected chi connectivity index (χ3v) is 8.82. The quantitative estimate of drug-likeness (QED) is 0.224. The van der Waals surface area contributed by atoms with Crippen LogP contribution in [0.15, 0.2) is 42.5 Å². The number of rotatable bonds is 12. The smallest absolute Gasteiger partial charge is 0.407 e. The van der Waals surface area contributed by atoms with Crippen LogP contribution in [0.5, 0.6) is 5.75 Å². The Hall–Kier alpha value is -3.92. The lowest BCUT2D eigenvalue weighted by Crippen LogP contribution is -2.33. The topological polar surface area (TPSA) is 110 Å². The molecule has 1 aliphatic carbocycles. The Labute approximate surface area is 269 Å². The van der Waals surface area contributed by atoms with Gasteiger partial charge < -0.3 is 25.0 Å². The first-order valence-electron chi connectivity index (χ1n) is 15.9. The Morgan fingerprint density at radius 3 is 2.67 bits per heavy atom. The summed E-state index contributed by atoms with van der Waals surface area (Å²) in [5.41, 5.74) is 4.40. The summed E-state index contributed by atoms with van der Waals surface area (Å²) < 4.78 is 11.2. The molecular formula is C35H44N4O5S. The predicted molar refractivity (Wildman–Crippen MR) is 178 cm³/mol. The fourth-order valence-electron chi connectivity index (χ4n) is 5.40. The Bertz CT molecular complexity index is 1540. The number of fused-ring (bicyclic) bond motifs is 1. The third kappa shape index (κ3) is 9.06. The molecule has 0 spiro atoms. The number of hydrogen-bond donors (Lipinski definition) is 2. The van der Waals surface area contributed by atoms with Crippen LogP contribution in [0.4, 0.5) is 15.6 Å². The van der Waals surface area contributed by atoms with Gasteiger partial charge in [-0.2, -0.15) is 0 Å². The Morgan fingerprint density at radius 1 is 1.11 bits per heavy atom. The zero-order chi connectivity index (χ0) is 32.1. The van der Waals surface area contributed by atoms with Gasteiger partial charge >= 0.3 is 6.09 Å². The molecule has 3 amide bonds.